The summed E-state index contributed by atoms with van der Waals surface area (Å²) in [5.41, 5.74) is 14.1. The zero-order chi connectivity index (χ0) is 28.6. The average molecular weight is 681 g/mol. The lowest BCUT2D eigenvalue weighted by Gasteiger charge is -2.27. The standard InChI is InChI=1S/C36H32Br2Si2/c1-39(2,27-25-29-17-9-5-10-18-29)35(37)33(31-21-13-7-14-22-31)34(32-23-15-8-16-24-32)36(38)40(3,4)28-26-30-19-11-6-12-20-30/h5-24H,1-4H3/b35-33+,36-34+. The first kappa shape index (κ1) is 29.8. The Morgan fingerprint density at radius 3 is 1.02 bits per heavy atom. The summed E-state index contributed by atoms with van der Waals surface area (Å²) < 4.78 is 2.34. The van der Waals surface area contributed by atoms with Gasteiger partial charge in [0.15, 0.2) is 16.1 Å². The highest BCUT2D eigenvalue weighted by molar-refractivity contribution is 9.12. The third-order valence-electron chi connectivity index (χ3n) is 6.50. The van der Waals surface area contributed by atoms with Gasteiger partial charge in [-0.1, -0.05) is 167 Å². The molecule has 0 radical (unpaired) electrons. The van der Waals surface area contributed by atoms with E-state index in [0.29, 0.717) is 0 Å². The second-order valence-electron chi connectivity index (χ2n) is 10.6. The molecule has 0 fully saturated rings. The van der Waals surface area contributed by atoms with Crippen molar-refractivity contribution < 1.29 is 0 Å². The van der Waals surface area contributed by atoms with Crippen molar-refractivity contribution in [1.29, 1.82) is 0 Å². The predicted octanol–water partition coefficient (Wildman–Crippen LogP) is 10.3. The Kier molecular flexibility index (Phi) is 10.1. The van der Waals surface area contributed by atoms with Gasteiger partial charge in [-0.15, -0.1) is 11.1 Å². The van der Waals surface area contributed by atoms with Crippen molar-refractivity contribution >= 4 is 59.2 Å². The van der Waals surface area contributed by atoms with Gasteiger partial charge in [0, 0.05) is 19.3 Å². The van der Waals surface area contributed by atoms with Crippen molar-refractivity contribution in [3.05, 3.63) is 152 Å². The molecule has 0 aliphatic carbocycles. The SMILES string of the molecule is C[Si](C)(C#Cc1ccccc1)/C(Br)=C(/C(=C(\Br)[Si](C)(C)C#Cc1ccccc1)c1ccccc1)c1ccccc1. The first-order valence-corrected chi connectivity index (χ1v) is 20.9. The fourth-order valence-electron chi connectivity index (χ4n) is 4.21. The van der Waals surface area contributed by atoms with Crippen molar-refractivity contribution in [2.75, 3.05) is 0 Å². The zero-order valence-electron chi connectivity index (χ0n) is 23.3. The van der Waals surface area contributed by atoms with Crippen molar-refractivity contribution in [3.8, 4) is 22.9 Å². The van der Waals surface area contributed by atoms with Gasteiger partial charge < -0.3 is 0 Å². The molecule has 4 aromatic rings. The quantitative estimate of drug-likeness (QED) is 0.112. The van der Waals surface area contributed by atoms with E-state index in [2.05, 4.69) is 166 Å². The fourth-order valence-corrected chi connectivity index (χ4v) is 8.58. The van der Waals surface area contributed by atoms with Crippen LogP contribution in [0, 0.1) is 22.9 Å². The Bertz CT molecular complexity index is 1500. The summed E-state index contributed by atoms with van der Waals surface area (Å²) in [5, 5.41) is 0. The molecule has 0 bridgehead atoms. The van der Waals surface area contributed by atoms with Crippen LogP contribution in [0.1, 0.15) is 22.3 Å². The topological polar surface area (TPSA) is 0 Å². The third-order valence-corrected chi connectivity index (χ3v) is 17.4. The summed E-state index contributed by atoms with van der Waals surface area (Å²) in [7, 11) is -4.50. The van der Waals surface area contributed by atoms with Crippen LogP contribution in [0.25, 0.3) is 11.1 Å². The molecule has 0 unspecified atom stereocenters. The van der Waals surface area contributed by atoms with E-state index in [1.54, 1.807) is 0 Å². The van der Waals surface area contributed by atoms with Gasteiger partial charge in [0.2, 0.25) is 0 Å². The average Bonchev–Trinajstić information content (AvgIpc) is 2.99. The lowest BCUT2D eigenvalue weighted by atomic mass is 9.95. The van der Waals surface area contributed by atoms with Crippen LogP contribution < -0.4 is 0 Å². The number of hydrogen-bond donors (Lipinski definition) is 0. The summed E-state index contributed by atoms with van der Waals surface area (Å²) in [5.74, 6) is 6.91. The van der Waals surface area contributed by atoms with Gasteiger partial charge in [-0.3, -0.25) is 0 Å². The van der Waals surface area contributed by atoms with Gasteiger partial charge in [-0.05, 0) is 46.5 Å². The van der Waals surface area contributed by atoms with Gasteiger partial charge in [0.05, 0.1) is 0 Å². The number of halogens is 2. The molecular formula is C36H32Br2Si2. The van der Waals surface area contributed by atoms with E-state index in [1.807, 2.05) is 36.4 Å². The van der Waals surface area contributed by atoms with Crippen LogP contribution in [-0.4, -0.2) is 16.1 Å². The molecule has 4 heteroatoms. The molecule has 0 aliphatic heterocycles. The van der Waals surface area contributed by atoms with Crippen LogP contribution in [-0.2, 0) is 0 Å². The minimum atomic E-state index is -2.25. The molecule has 0 heterocycles. The highest BCUT2D eigenvalue weighted by Gasteiger charge is 2.33. The Hall–Kier alpha value is -3.13. The number of rotatable bonds is 5. The molecule has 4 rings (SSSR count). The van der Waals surface area contributed by atoms with Crippen molar-refractivity contribution in [2.24, 2.45) is 0 Å². The number of hydrogen-bond acceptors (Lipinski definition) is 0. The van der Waals surface area contributed by atoms with Crippen LogP contribution in [0.3, 0.4) is 0 Å². The van der Waals surface area contributed by atoms with Gasteiger partial charge in [0.1, 0.15) is 0 Å². The summed E-state index contributed by atoms with van der Waals surface area (Å²) in [6, 6.07) is 41.8. The normalized spacial score (nSPS) is 12.7. The van der Waals surface area contributed by atoms with Crippen molar-refractivity contribution in [3.63, 3.8) is 0 Å². The summed E-state index contributed by atoms with van der Waals surface area (Å²) in [6.07, 6.45) is 0. The molecule has 0 amide bonds. The molecule has 40 heavy (non-hydrogen) atoms. The lowest BCUT2D eigenvalue weighted by molar-refractivity contribution is 1.58. The van der Waals surface area contributed by atoms with Gasteiger partial charge >= 0.3 is 0 Å². The summed E-state index contributed by atoms with van der Waals surface area (Å²) in [6.45, 7) is 9.24. The molecule has 0 saturated carbocycles. The van der Waals surface area contributed by atoms with Gasteiger partial charge in [-0.25, -0.2) is 0 Å². The van der Waals surface area contributed by atoms with E-state index >= 15 is 0 Å². The number of allylic oxidation sites excluding steroid dienone is 2. The molecule has 0 nitrogen and oxygen atoms in total. The van der Waals surface area contributed by atoms with Crippen LogP contribution in [0.5, 0.6) is 0 Å². The molecule has 0 spiro atoms. The zero-order valence-corrected chi connectivity index (χ0v) is 28.5. The molecule has 0 aromatic heterocycles. The highest BCUT2D eigenvalue weighted by Crippen LogP contribution is 2.44. The van der Waals surface area contributed by atoms with Crippen LogP contribution >= 0.6 is 31.9 Å². The predicted molar refractivity (Wildman–Crippen MR) is 186 cm³/mol. The molecular weight excluding hydrogens is 648 g/mol. The maximum absolute atomic E-state index is 4.15. The largest absolute Gasteiger partial charge is 0.171 e. The van der Waals surface area contributed by atoms with E-state index in [0.717, 1.165) is 22.3 Å². The Morgan fingerprint density at radius 2 is 0.725 bits per heavy atom. The van der Waals surface area contributed by atoms with Crippen LogP contribution in [0.15, 0.2) is 130 Å². The third kappa shape index (κ3) is 7.54. The minimum Gasteiger partial charge on any atom is -0.120 e. The van der Waals surface area contributed by atoms with E-state index < -0.39 is 16.1 Å². The fraction of sp³-hybridized carbons (Fsp3) is 0.111. The van der Waals surface area contributed by atoms with Gasteiger partial charge in [-0.2, -0.15) is 0 Å². The highest BCUT2D eigenvalue weighted by atomic mass is 79.9. The molecule has 0 aliphatic rings. The smallest absolute Gasteiger partial charge is 0.120 e. The first-order valence-electron chi connectivity index (χ1n) is 13.3. The summed E-state index contributed by atoms with van der Waals surface area (Å²) in [4.78, 5) is 0. The molecule has 198 valence electrons. The van der Waals surface area contributed by atoms with E-state index in [1.165, 1.54) is 19.4 Å². The maximum Gasteiger partial charge on any atom is 0.171 e. The minimum absolute atomic E-state index is 1.04. The van der Waals surface area contributed by atoms with Gasteiger partial charge in [0.25, 0.3) is 0 Å². The lowest BCUT2D eigenvalue weighted by Crippen LogP contribution is -2.28. The van der Waals surface area contributed by atoms with Crippen LogP contribution in [0.2, 0.25) is 26.2 Å². The Balaban J connectivity index is 1.99. The van der Waals surface area contributed by atoms with E-state index in [-0.39, 0.29) is 0 Å². The van der Waals surface area contributed by atoms with E-state index in [9.17, 15) is 0 Å². The van der Waals surface area contributed by atoms with Crippen molar-refractivity contribution in [1.82, 2.24) is 0 Å². The maximum atomic E-state index is 4.15. The van der Waals surface area contributed by atoms with Crippen LogP contribution in [0.4, 0.5) is 0 Å². The molecule has 0 atom stereocenters. The Labute approximate surface area is 258 Å². The molecule has 0 saturated heterocycles. The molecule has 0 N–H and O–H groups in total. The first-order chi connectivity index (χ1) is 19.2. The second-order valence-corrected chi connectivity index (χ2v) is 21.6. The van der Waals surface area contributed by atoms with E-state index in [4.69, 9.17) is 0 Å². The Morgan fingerprint density at radius 1 is 0.450 bits per heavy atom. The second kappa shape index (κ2) is 13.5. The molecule has 4 aromatic carbocycles. The summed E-state index contributed by atoms with van der Waals surface area (Å²) >= 11 is 8.30. The van der Waals surface area contributed by atoms with Crippen molar-refractivity contribution in [2.45, 2.75) is 26.2 Å². The monoisotopic (exact) mass is 678 g/mol. The number of benzene rings is 4.